The highest BCUT2D eigenvalue weighted by Gasteiger charge is 2.24. The first-order valence-electron chi connectivity index (χ1n) is 15.1. The number of hydrogen-bond donors (Lipinski definition) is 2. The lowest BCUT2D eigenvalue weighted by Gasteiger charge is -2.12. The lowest BCUT2D eigenvalue weighted by molar-refractivity contribution is 0.538. The highest BCUT2D eigenvalue weighted by Crippen LogP contribution is 2.45. The molecule has 5 heteroatoms. The summed E-state index contributed by atoms with van der Waals surface area (Å²) in [4.78, 5) is 0. The van der Waals surface area contributed by atoms with Gasteiger partial charge in [0, 0.05) is 33.2 Å². The van der Waals surface area contributed by atoms with Gasteiger partial charge in [0.15, 0.2) is 0 Å². The molecule has 2 aromatic heterocycles. The number of rotatable bonds is 5. The Hall–Kier alpha value is -5.94. The van der Waals surface area contributed by atoms with Gasteiger partial charge >= 0.3 is 0 Å². The molecule has 0 bridgehead atoms. The van der Waals surface area contributed by atoms with E-state index in [4.69, 9.17) is 20.0 Å². The fraction of sp³-hybridized carbons (Fsp3) is 0.0500. The van der Waals surface area contributed by atoms with Crippen LogP contribution in [-0.2, 0) is 4.74 Å². The Balaban J connectivity index is 1.31. The minimum Gasteiger partial charge on any atom is -0.455 e. The monoisotopic (exact) mass is 583 g/mol. The largest absolute Gasteiger partial charge is 0.455 e. The lowest BCUT2D eigenvalue weighted by atomic mass is 9.94. The zero-order chi connectivity index (χ0) is 30.3. The normalized spacial score (nSPS) is 12.9. The molecule has 0 fully saturated rings. The molecule has 0 radical (unpaired) electrons. The second kappa shape index (κ2) is 11.0. The zero-order valence-corrected chi connectivity index (χ0v) is 24.5. The maximum atomic E-state index is 8.67. The van der Waals surface area contributed by atoms with Crippen molar-refractivity contribution in [2.24, 2.45) is 0 Å². The number of ether oxygens (including phenoxy) is 1. The Labute approximate surface area is 260 Å². The standard InChI is InChI=1S/C40H29N3O2/c41-39(28-17-8-3-9-18-28)45-40(42)29-19-12-20-30(25-29)43-33-22-11-10-21-31(33)36-34(43)24-23-32-35(26-13-4-1-5-14-26)37(44-38(32)36)27-15-6-2-7-16-27/h1-6,8-15,17-25,41-42H,7,16H2. The number of aromatic nitrogens is 1. The van der Waals surface area contributed by atoms with Gasteiger partial charge < -0.3 is 13.7 Å². The van der Waals surface area contributed by atoms with Crippen molar-refractivity contribution in [1.29, 1.82) is 10.8 Å². The van der Waals surface area contributed by atoms with Crippen molar-refractivity contribution in [3.63, 3.8) is 0 Å². The van der Waals surface area contributed by atoms with E-state index in [2.05, 4.69) is 77.4 Å². The van der Waals surface area contributed by atoms with E-state index in [9.17, 15) is 0 Å². The number of nitrogens with zero attached hydrogens (tertiary/aromatic N) is 1. The predicted molar refractivity (Wildman–Crippen MR) is 184 cm³/mol. The van der Waals surface area contributed by atoms with E-state index in [1.165, 1.54) is 5.57 Å². The molecule has 0 aliphatic heterocycles. The van der Waals surface area contributed by atoms with Crippen LogP contribution >= 0.6 is 0 Å². The number of allylic oxidation sites excluding steroid dienone is 4. The average molecular weight is 584 g/mol. The van der Waals surface area contributed by atoms with Gasteiger partial charge in [-0.15, -0.1) is 0 Å². The third kappa shape index (κ3) is 4.57. The average Bonchev–Trinajstić information content (AvgIpc) is 3.66. The van der Waals surface area contributed by atoms with Crippen molar-refractivity contribution in [1.82, 2.24) is 4.57 Å². The van der Waals surface area contributed by atoms with E-state index in [1.54, 1.807) is 12.1 Å². The predicted octanol–water partition coefficient (Wildman–Crippen LogP) is 10.3. The molecule has 5 nitrogen and oxygen atoms in total. The first-order chi connectivity index (χ1) is 22.2. The summed E-state index contributed by atoms with van der Waals surface area (Å²) in [6.07, 6.45) is 8.42. The van der Waals surface area contributed by atoms with Crippen molar-refractivity contribution in [3.05, 3.63) is 156 Å². The molecule has 0 saturated heterocycles. The molecule has 0 unspecified atom stereocenters. The first kappa shape index (κ1) is 26.7. The van der Waals surface area contributed by atoms with Crippen LogP contribution in [0.1, 0.15) is 29.7 Å². The molecule has 5 aromatic carbocycles. The van der Waals surface area contributed by atoms with Gasteiger partial charge in [0.1, 0.15) is 11.3 Å². The summed E-state index contributed by atoms with van der Waals surface area (Å²) in [7, 11) is 0. The van der Waals surface area contributed by atoms with Crippen LogP contribution in [0.5, 0.6) is 0 Å². The Morgan fingerprint density at radius 3 is 2.22 bits per heavy atom. The number of para-hydroxylation sites is 1. The summed E-state index contributed by atoms with van der Waals surface area (Å²) in [6.45, 7) is 0. The lowest BCUT2D eigenvalue weighted by Crippen LogP contribution is -2.13. The Morgan fingerprint density at radius 1 is 0.689 bits per heavy atom. The van der Waals surface area contributed by atoms with Gasteiger partial charge in [-0.3, -0.25) is 10.8 Å². The highest BCUT2D eigenvalue weighted by molar-refractivity contribution is 6.22. The highest BCUT2D eigenvalue weighted by atomic mass is 16.5. The molecule has 7 aromatic rings. The maximum absolute atomic E-state index is 8.67. The van der Waals surface area contributed by atoms with Crippen LogP contribution < -0.4 is 0 Å². The summed E-state index contributed by atoms with van der Waals surface area (Å²) in [5.74, 6) is 0.793. The van der Waals surface area contributed by atoms with Crippen molar-refractivity contribution >= 4 is 50.1 Å². The molecular formula is C40H29N3O2. The molecule has 2 heterocycles. The number of benzene rings is 5. The van der Waals surface area contributed by atoms with E-state index in [-0.39, 0.29) is 11.8 Å². The number of furan rings is 1. The Kier molecular flexibility index (Phi) is 6.50. The van der Waals surface area contributed by atoms with Crippen LogP contribution in [0, 0.1) is 10.8 Å². The summed E-state index contributed by atoms with van der Waals surface area (Å²) in [5.41, 5.74) is 8.50. The van der Waals surface area contributed by atoms with Crippen LogP contribution in [0.15, 0.2) is 144 Å². The van der Waals surface area contributed by atoms with E-state index in [0.29, 0.717) is 11.1 Å². The molecule has 45 heavy (non-hydrogen) atoms. The molecule has 0 saturated carbocycles. The van der Waals surface area contributed by atoms with Gasteiger partial charge in [-0.1, -0.05) is 91.0 Å². The third-order valence-corrected chi connectivity index (χ3v) is 8.47. The fourth-order valence-corrected chi connectivity index (χ4v) is 6.39. The number of nitrogens with one attached hydrogen (secondary N) is 2. The topological polar surface area (TPSA) is 75.0 Å². The molecule has 0 spiro atoms. The Bertz CT molecular complexity index is 2320. The fourth-order valence-electron chi connectivity index (χ4n) is 6.39. The van der Waals surface area contributed by atoms with E-state index < -0.39 is 0 Å². The van der Waals surface area contributed by atoms with E-state index in [1.807, 2.05) is 54.6 Å². The van der Waals surface area contributed by atoms with Crippen LogP contribution in [0.3, 0.4) is 0 Å². The second-order valence-electron chi connectivity index (χ2n) is 11.2. The van der Waals surface area contributed by atoms with Crippen LogP contribution in [-0.4, -0.2) is 16.4 Å². The molecular weight excluding hydrogens is 554 g/mol. The van der Waals surface area contributed by atoms with Crippen molar-refractivity contribution in [2.75, 3.05) is 0 Å². The molecule has 2 N–H and O–H groups in total. The minimum atomic E-state index is -0.0770. The van der Waals surface area contributed by atoms with E-state index >= 15 is 0 Å². The number of hydrogen-bond acceptors (Lipinski definition) is 4. The van der Waals surface area contributed by atoms with Crippen molar-refractivity contribution < 1.29 is 9.15 Å². The van der Waals surface area contributed by atoms with Crippen molar-refractivity contribution in [3.8, 4) is 16.8 Å². The van der Waals surface area contributed by atoms with Gasteiger partial charge in [0.25, 0.3) is 0 Å². The molecule has 1 aliphatic carbocycles. The molecule has 0 atom stereocenters. The zero-order valence-electron chi connectivity index (χ0n) is 24.5. The molecule has 8 rings (SSSR count). The van der Waals surface area contributed by atoms with Crippen molar-refractivity contribution in [2.45, 2.75) is 12.8 Å². The van der Waals surface area contributed by atoms with Gasteiger partial charge in [0.05, 0.1) is 16.4 Å². The Morgan fingerprint density at radius 2 is 1.42 bits per heavy atom. The van der Waals surface area contributed by atoms with Crippen LogP contribution in [0.25, 0.3) is 55.2 Å². The van der Waals surface area contributed by atoms with E-state index in [0.717, 1.165) is 68.2 Å². The van der Waals surface area contributed by atoms with Gasteiger partial charge in [-0.2, -0.15) is 0 Å². The summed E-state index contributed by atoms with van der Waals surface area (Å²) < 4.78 is 14.8. The summed E-state index contributed by atoms with van der Waals surface area (Å²) in [6, 6.07) is 40.2. The van der Waals surface area contributed by atoms with Gasteiger partial charge in [-0.25, -0.2) is 0 Å². The first-order valence-corrected chi connectivity index (χ1v) is 15.1. The maximum Gasteiger partial charge on any atom is 0.221 e. The van der Waals surface area contributed by atoms with Gasteiger partial charge in [-0.05, 0) is 72.5 Å². The SMILES string of the molecule is N=C(OC(=N)c1cccc(-n2c3ccccc3c3c4oc(C5=CC=CCC5)c(-c5ccccc5)c4ccc32)c1)c1ccccc1. The third-order valence-electron chi connectivity index (χ3n) is 8.47. The minimum absolute atomic E-state index is 0.0586. The van der Waals surface area contributed by atoms with Gasteiger partial charge in [0.2, 0.25) is 11.8 Å². The van der Waals surface area contributed by atoms with Crippen LogP contribution in [0.2, 0.25) is 0 Å². The summed E-state index contributed by atoms with van der Waals surface area (Å²) in [5, 5.41) is 20.3. The quantitative estimate of drug-likeness (QED) is 0.156. The molecule has 0 amide bonds. The second-order valence-corrected chi connectivity index (χ2v) is 11.2. The number of fused-ring (bicyclic) bond motifs is 5. The smallest absolute Gasteiger partial charge is 0.221 e. The summed E-state index contributed by atoms with van der Waals surface area (Å²) >= 11 is 0. The molecule has 216 valence electrons. The van der Waals surface area contributed by atoms with Crippen LogP contribution in [0.4, 0.5) is 0 Å². The molecule has 1 aliphatic rings.